The first-order valence-corrected chi connectivity index (χ1v) is 6.99. The number of pyridine rings is 1. The molecule has 1 aromatic heterocycles. The molecule has 2 aromatic rings. The molecule has 21 heavy (non-hydrogen) atoms. The van der Waals surface area contributed by atoms with Crippen molar-refractivity contribution < 1.29 is 9.72 Å². The summed E-state index contributed by atoms with van der Waals surface area (Å²) in [5, 5.41) is 13.5. The lowest BCUT2D eigenvalue weighted by Crippen LogP contribution is -2.13. The Morgan fingerprint density at radius 1 is 1.29 bits per heavy atom. The van der Waals surface area contributed by atoms with Gasteiger partial charge in [0, 0.05) is 33.4 Å². The van der Waals surface area contributed by atoms with Crippen molar-refractivity contribution in [3.05, 3.63) is 60.8 Å². The number of hydrogen-bond acceptors (Lipinski definition) is 4. The Morgan fingerprint density at radius 2 is 2.00 bits per heavy atom. The number of amides is 1. The fourth-order valence-corrected chi connectivity index (χ4v) is 2.23. The molecule has 0 saturated carbocycles. The number of non-ortho nitro benzene ring substituents is 1. The van der Waals surface area contributed by atoms with Crippen LogP contribution < -0.4 is 5.32 Å². The Balaban J connectivity index is 2.32. The minimum atomic E-state index is -0.629. The number of nitrogens with zero attached hydrogens (tertiary/aromatic N) is 2. The monoisotopic (exact) mass is 389 g/mol. The van der Waals surface area contributed by atoms with Crippen LogP contribution in [0.3, 0.4) is 0 Å². The molecule has 0 unspecified atom stereocenters. The van der Waals surface area contributed by atoms with Crippen LogP contribution in [0.5, 0.6) is 0 Å². The maximum Gasteiger partial charge on any atom is 0.271 e. The van der Waals surface area contributed by atoms with Gasteiger partial charge >= 0.3 is 0 Å². The van der Waals surface area contributed by atoms with E-state index in [1.165, 1.54) is 12.3 Å². The summed E-state index contributed by atoms with van der Waals surface area (Å²) in [4.78, 5) is 26.1. The summed E-state index contributed by atoms with van der Waals surface area (Å²) in [6, 6.07) is 5.17. The molecular weight excluding hydrogens is 385 g/mol. The average Bonchev–Trinajstić information content (AvgIpc) is 2.42. The van der Waals surface area contributed by atoms with Gasteiger partial charge in [-0.05, 0) is 28.1 Å². The highest BCUT2D eigenvalue weighted by molar-refractivity contribution is 9.10. The van der Waals surface area contributed by atoms with Crippen molar-refractivity contribution in [2.75, 3.05) is 5.32 Å². The first-order valence-electron chi connectivity index (χ1n) is 5.44. The first kappa shape index (κ1) is 15.7. The van der Waals surface area contributed by atoms with Gasteiger partial charge in [-0.3, -0.25) is 14.9 Å². The second-order valence-electron chi connectivity index (χ2n) is 3.90. The smallest absolute Gasteiger partial charge is 0.271 e. The number of nitro groups is 1. The lowest BCUT2D eigenvalue weighted by molar-refractivity contribution is -0.384. The molecule has 1 amide bonds. The lowest BCUT2D eigenvalue weighted by atomic mass is 10.2. The highest BCUT2D eigenvalue weighted by Crippen LogP contribution is 2.25. The van der Waals surface area contributed by atoms with Crippen molar-refractivity contribution in [2.24, 2.45) is 0 Å². The molecule has 0 atom stereocenters. The fourth-order valence-electron chi connectivity index (χ4n) is 1.52. The zero-order valence-electron chi connectivity index (χ0n) is 10.1. The summed E-state index contributed by atoms with van der Waals surface area (Å²) in [6.07, 6.45) is 1.47. The molecular formula is C12H6BrCl2N3O3. The van der Waals surface area contributed by atoms with E-state index in [4.69, 9.17) is 23.2 Å². The molecule has 0 aliphatic carbocycles. The first-order chi connectivity index (χ1) is 9.86. The summed E-state index contributed by atoms with van der Waals surface area (Å²) in [6.45, 7) is 0. The highest BCUT2D eigenvalue weighted by Gasteiger charge is 2.15. The molecule has 1 aromatic carbocycles. The van der Waals surface area contributed by atoms with Crippen LogP contribution in [0.15, 0.2) is 34.9 Å². The SMILES string of the molecule is O=C(Nc1cc(Br)cnc1Cl)c1cc(Cl)cc([N+](=O)[O-])c1. The number of aromatic nitrogens is 1. The Bertz CT molecular complexity index is 740. The maximum atomic E-state index is 12.1. The quantitative estimate of drug-likeness (QED) is 0.480. The predicted molar refractivity (Wildman–Crippen MR) is 83.0 cm³/mol. The highest BCUT2D eigenvalue weighted by atomic mass is 79.9. The Hall–Kier alpha value is -1.70. The molecule has 0 radical (unpaired) electrons. The van der Waals surface area contributed by atoms with Crippen LogP contribution in [0, 0.1) is 10.1 Å². The van der Waals surface area contributed by atoms with Gasteiger partial charge in [0.25, 0.3) is 11.6 Å². The maximum absolute atomic E-state index is 12.1. The van der Waals surface area contributed by atoms with Crippen LogP contribution in [0.2, 0.25) is 10.2 Å². The molecule has 0 fully saturated rings. The van der Waals surface area contributed by atoms with Gasteiger partial charge in [0.2, 0.25) is 0 Å². The third kappa shape index (κ3) is 3.90. The van der Waals surface area contributed by atoms with Crippen molar-refractivity contribution in [3.63, 3.8) is 0 Å². The molecule has 0 bridgehead atoms. The van der Waals surface area contributed by atoms with Crippen LogP contribution in [0.25, 0.3) is 0 Å². The van der Waals surface area contributed by atoms with Crippen molar-refractivity contribution in [3.8, 4) is 0 Å². The molecule has 0 aliphatic rings. The normalized spacial score (nSPS) is 10.2. The number of benzene rings is 1. The Labute approximate surface area is 137 Å². The molecule has 2 rings (SSSR count). The van der Waals surface area contributed by atoms with E-state index >= 15 is 0 Å². The molecule has 108 valence electrons. The van der Waals surface area contributed by atoms with Crippen molar-refractivity contribution in [2.45, 2.75) is 0 Å². The van der Waals surface area contributed by atoms with Crippen molar-refractivity contribution in [1.82, 2.24) is 4.98 Å². The number of halogens is 3. The van der Waals surface area contributed by atoms with E-state index in [9.17, 15) is 14.9 Å². The lowest BCUT2D eigenvalue weighted by Gasteiger charge is -2.07. The molecule has 0 aliphatic heterocycles. The van der Waals surface area contributed by atoms with E-state index in [0.29, 0.717) is 4.47 Å². The van der Waals surface area contributed by atoms with E-state index in [2.05, 4.69) is 26.2 Å². The zero-order chi connectivity index (χ0) is 15.6. The summed E-state index contributed by atoms with van der Waals surface area (Å²) in [5.41, 5.74) is 0.0510. The molecule has 1 N–H and O–H groups in total. The van der Waals surface area contributed by atoms with Gasteiger partial charge in [0.1, 0.15) is 0 Å². The topological polar surface area (TPSA) is 85.1 Å². The third-order valence-corrected chi connectivity index (χ3v) is 3.36. The zero-order valence-corrected chi connectivity index (χ0v) is 13.2. The number of anilines is 1. The summed E-state index contributed by atoms with van der Waals surface area (Å²) in [7, 11) is 0. The predicted octanol–water partition coefficient (Wildman–Crippen LogP) is 4.31. The van der Waals surface area contributed by atoms with Crippen LogP contribution >= 0.6 is 39.1 Å². The van der Waals surface area contributed by atoms with Gasteiger partial charge < -0.3 is 5.32 Å². The van der Waals surface area contributed by atoms with Gasteiger partial charge in [-0.1, -0.05) is 23.2 Å². The van der Waals surface area contributed by atoms with Crippen LogP contribution in [0.4, 0.5) is 11.4 Å². The number of carbonyl (C=O) groups is 1. The average molecular weight is 391 g/mol. The van der Waals surface area contributed by atoms with E-state index < -0.39 is 10.8 Å². The van der Waals surface area contributed by atoms with Crippen molar-refractivity contribution in [1.29, 1.82) is 0 Å². The number of rotatable bonds is 3. The van der Waals surface area contributed by atoms with Gasteiger partial charge in [-0.15, -0.1) is 0 Å². The number of nitrogens with one attached hydrogen (secondary N) is 1. The van der Waals surface area contributed by atoms with E-state index in [0.717, 1.165) is 12.1 Å². The number of carbonyl (C=O) groups excluding carboxylic acids is 1. The second-order valence-corrected chi connectivity index (χ2v) is 5.61. The van der Waals surface area contributed by atoms with Crippen LogP contribution in [-0.4, -0.2) is 15.8 Å². The van der Waals surface area contributed by atoms with E-state index in [1.807, 2.05) is 0 Å². The summed E-state index contributed by atoms with van der Waals surface area (Å²) in [5.74, 6) is -0.581. The third-order valence-electron chi connectivity index (χ3n) is 2.41. The number of hydrogen-bond donors (Lipinski definition) is 1. The van der Waals surface area contributed by atoms with Crippen molar-refractivity contribution >= 4 is 56.4 Å². The van der Waals surface area contributed by atoms with E-state index in [-0.39, 0.29) is 27.1 Å². The Morgan fingerprint density at radius 3 is 2.67 bits per heavy atom. The van der Waals surface area contributed by atoms with Crippen LogP contribution in [-0.2, 0) is 0 Å². The Kier molecular flexibility index (Phi) is 4.76. The second kappa shape index (κ2) is 6.38. The van der Waals surface area contributed by atoms with Gasteiger partial charge in [0.15, 0.2) is 5.15 Å². The summed E-state index contributed by atoms with van der Waals surface area (Å²) < 4.78 is 0.624. The summed E-state index contributed by atoms with van der Waals surface area (Å²) >= 11 is 14.8. The molecule has 6 nitrogen and oxygen atoms in total. The molecule has 9 heteroatoms. The largest absolute Gasteiger partial charge is 0.319 e. The molecule has 0 spiro atoms. The minimum absolute atomic E-state index is 0.0465. The molecule has 0 saturated heterocycles. The van der Waals surface area contributed by atoms with Gasteiger partial charge in [-0.2, -0.15) is 0 Å². The van der Waals surface area contributed by atoms with Gasteiger partial charge in [0.05, 0.1) is 10.6 Å². The van der Waals surface area contributed by atoms with Gasteiger partial charge in [-0.25, -0.2) is 4.98 Å². The number of nitro benzene ring substituents is 1. The fraction of sp³-hybridized carbons (Fsp3) is 0. The standard InChI is InChI=1S/C12H6BrCl2N3O3/c13-7-3-10(11(15)16-5-7)17-12(19)6-1-8(14)4-9(2-6)18(20)21/h1-5H,(H,17,19). The minimum Gasteiger partial charge on any atom is -0.319 e. The van der Waals surface area contributed by atoms with Crippen LogP contribution in [0.1, 0.15) is 10.4 Å². The molecule has 1 heterocycles. The van der Waals surface area contributed by atoms with E-state index in [1.54, 1.807) is 6.07 Å².